The first-order valence-electron chi connectivity index (χ1n) is 5.17. The molecule has 1 aromatic heterocycles. The van der Waals surface area contributed by atoms with E-state index in [2.05, 4.69) is 20.3 Å². The number of esters is 1. The fourth-order valence-corrected chi connectivity index (χ4v) is 1.36. The summed E-state index contributed by atoms with van der Waals surface area (Å²) in [6.45, 7) is 4.49. The molecular weight excluding hydrogens is 222 g/mol. The van der Waals surface area contributed by atoms with Crippen molar-refractivity contribution in [3.05, 3.63) is 17.8 Å². The Bertz CT molecular complexity index is 376. The summed E-state index contributed by atoms with van der Waals surface area (Å²) < 4.78 is 9.61. The topological polar surface area (TPSA) is 73.3 Å². The molecule has 0 aromatic carbocycles. The van der Waals surface area contributed by atoms with Crippen molar-refractivity contribution in [1.82, 2.24) is 10.2 Å². The molecule has 0 aliphatic rings. The van der Waals surface area contributed by atoms with Gasteiger partial charge < -0.3 is 14.8 Å². The normalized spacial score (nSPS) is 11.1. The number of aromatic nitrogens is 2. The van der Waals surface area contributed by atoms with Crippen LogP contribution in [-0.2, 0) is 9.47 Å². The summed E-state index contributed by atoms with van der Waals surface area (Å²) in [4.78, 5) is 11.1. The maximum Gasteiger partial charge on any atom is 0.358 e. The first-order valence-corrected chi connectivity index (χ1v) is 5.17. The summed E-state index contributed by atoms with van der Waals surface area (Å²) in [5, 5.41) is 10.8. The second-order valence-electron chi connectivity index (χ2n) is 4.24. The number of ether oxygens (including phenoxy) is 2. The summed E-state index contributed by atoms with van der Waals surface area (Å²) in [7, 11) is 2.94. The second kappa shape index (κ2) is 5.58. The van der Waals surface area contributed by atoms with E-state index in [9.17, 15) is 4.79 Å². The van der Waals surface area contributed by atoms with Crippen molar-refractivity contribution < 1.29 is 14.3 Å². The van der Waals surface area contributed by atoms with E-state index in [1.807, 2.05) is 13.8 Å². The Labute approximate surface area is 100 Å². The quantitative estimate of drug-likeness (QED) is 0.776. The Morgan fingerprint density at radius 2 is 2.06 bits per heavy atom. The van der Waals surface area contributed by atoms with Crippen molar-refractivity contribution in [2.45, 2.75) is 19.4 Å². The number of hydrogen-bond acceptors (Lipinski definition) is 6. The van der Waals surface area contributed by atoms with Gasteiger partial charge >= 0.3 is 5.97 Å². The summed E-state index contributed by atoms with van der Waals surface area (Å²) in [6, 6.07) is 3.24. The van der Waals surface area contributed by atoms with Gasteiger partial charge in [-0.3, -0.25) is 0 Å². The highest BCUT2D eigenvalue weighted by Crippen LogP contribution is 2.12. The van der Waals surface area contributed by atoms with Gasteiger partial charge in [-0.1, -0.05) is 0 Å². The van der Waals surface area contributed by atoms with Crippen LogP contribution < -0.4 is 5.32 Å². The minimum atomic E-state index is -0.500. The van der Waals surface area contributed by atoms with Crippen LogP contribution in [0.15, 0.2) is 12.1 Å². The number of carbonyl (C=O) groups is 1. The van der Waals surface area contributed by atoms with E-state index in [-0.39, 0.29) is 11.2 Å². The lowest BCUT2D eigenvalue weighted by atomic mass is 10.1. The minimum Gasteiger partial charge on any atom is -0.464 e. The minimum absolute atomic E-state index is 0.183. The number of rotatable bonds is 5. The SMILES string of the molecule is COCC(C)(C)Nc1ccc(C(=O)OC)nn1. The molecule has 0 aliphatic carbocycles. The number of anilines is 1. The van der Waals surface area contributed by atoms with Gasteiger partial charge in [-0.25, -0.2) is 4.79 Å². The average molecular weight is 239 g/mol. The van der Waals surface area contributed by atoms with Gasteiger partial charge in [0.2, 0.25) is 0 Å². The number of methoxy groups -OCH3 is 2. The van der Waals surface area contributed by atoms with Gasteiger partial charge in [0.1, 0.15) is 5.82 Å². The highest BCUT2D eigenvalue weighted by Gasteiger charge is 2.18. The summed E-state index contributed by atoms with van der Waals surface area (Å²) in [5.41, 5.74) is -0.0708. The molecule has 6 heteroatoms. The standard InChI is InChI=1S/C11H17N3O3/c1-11(2,7-16-3)12-9-6-5-8(13-14-9)10(15)17-4/h5-6H,7H2,1-4H3,(H,12,14). The lowest BCUT2D eigenvalue weighted by molar-refractivity contribution is 0.0593. The van der Waals surface area contributed by atoms with Crippen LogP contribution >= 0.6 is 0 Å². The van der Waals surface area contributed by atoms with Crippen LogP contribution in [0.1, 0.15) is 24.3 Å². The van der Waals surface area contributed by atoms with Gasteiger partial charge in [0.25, 0.3) is 0 Å². The monoisotopic (exact) mass is 239 g/mol. The van der Waals surface area contributed by atoms with E-state index in [0.717, 1.165) is 0 Å². The van der Waals surface area contributed by atoms with Gasteiger partial charge in [0.15, 0.2) is 5.69 Å². The fraction of sp³-hybridized carbons (Fsp3) is 0.545. The maximum atomic E-state index is 11.1. The number of nitrogens with zero attached hydrogens (tertiary/aromatic N) is 2. The molecule has 17 heavy (non-hydrogen) atoms. The van der Waals surface area contributed by atoms with Crippen molar-refractivity contribution in [1.29, 1.82) is 0 Å². The Morgan fingerprint density at radius 3 is 2.53 bits per heavy atom. The first kappa shape index (κ1) is 13.4. The maximum absolute atomic E-state index is 11.1. The summed E-state index contributed by atoms with van der Waals surface area (Å²) >= 11 is 0. The predicted octanol–water partition coefficient (Wildman–Crippen LogP) is 1.10. The third kappa shape index (κ3) is 3.99. The van der Waals surface area contributed by atoms with Gasteiger partial charge in [0.05, 0.1) is 19.3 Å². The van der Waals surface area contributed by atoms with E-state index in [1.54, 1.807) is 19.2 Å². The molecule has 0 saturated carbocycles. The van der Waals surface area contributed by atoms with Gasteiger partial charge in [0, 0.05) is 7.11 Å². The molecule has 0 unspecified atom stereocenters. The summed E-state index contributed by atoms with van der Waals surface area (Å²) in [5.74, 6) is 0.0832. The predicted molar refractivity (Wildman–Crippen MR) is 62.9 cm³/mol. The Kier molecular flexibility index (Phi) is 4.39. The van der Waals surface area contributed by atoms with Crippen molar-refractivity contribution >= 4 is 11.8 Å². The molecule has 0 aliphatic heterocycles. The van der Waals surface area contributed by atoms with Crippen LogP contribution in [0.25, 0.3) is 0 Å². The van der Waals surface area contributed by atoms with E-state index < -0.39 is 5.97 Å². The van der Waals surface area contributed by atoms with Crippen LogP contribution in [0.2, 0.25) is 0 Å². The molecule has 0 bridgehead atoms. The van der Waals surface area contributed by atoms with Crippen molar-refractivity contribution in [3.63, 3.8) is 0 Å². The van der Waals surface area contributed by atoms with Gasteiger partial charge in [-0.2, -0.15) is 0 Å². The largest absolute Gasteiger partial charge is 0.464 e. The van der Waals surface area contributed by atoms with Crippen LogP contribution in [0.5, 0.6) is 0 Å². The zero-order valence-corrected chi connectivity index (χ0v) is 10.5. The smallest absolute Gasteiger partial charge is 0.358 e. The second-order valence-corrected chi connectivity index (χ2v) is 4.24. The Hall–Kier alpha value is -1.69. The van der Waals surface area contributed by atoms with E-state index in [4.69, 9.17) is 4.74 Å². The van der Waals surface area contributed by atoms with Gasteiger partial charge in [-0.15, -0.1) is 10.2 Å². The third-order valence-corrected chi connectivity index (χ3v) is 2.03. The highest BCUT2D eigenvalue weighted by atomic mass is 16.5. The molecule has 0 amide bonds. The zero-order chi connectivity index (χ0) is 12.9. The first-order chi connectivity index (χ1) is 7.98. The lowest BCUT2D eigenvalue weighted by Gasteiger charge is -2.25. The molecule has 1 rings (SSSR count). The molecule has 0 radical (unpaired) electrons. The average Bonchev–Trinajstić information content (AvgIpc) is 2.28. The molecule has 6 nitrogen and oxygen atoms in total. The van der Waals surface area contributed by atoms with E-state index in [1.165, 1.54) is 7.11 Å². The Morgan fingerprint density at radius 1 is 1.35 bits per heavy atom. The van der Waals surface area contributed by atoms with Gasteiger partial charge in [-0.05, 0) is 26.0 Å². The van der Waals surface area contributed by atoms with Crippen LogP contribution in [-0.4, -0.2) is 42.5 Å². The number of hydrogen-bond donors (Lipinski definition) is 1. The third-order valence-electron chi connectivity index (χ3n) is 2.03. The lowest BCUT2D eigenvalue weighted by Crippen LogP contribution is -2.36. The molecule has 0 spiro atoms. The molecule has 0 fully saturated rings. The Balaban J connectivity index is 2.71. The molecule has 0 atom stereocenters. The summed E-state index contributed by atoms with van der Waals surface area (Å²) in [6.07, 6.45) is 0. The van der Waals surface area contributed by atoms with Crippen LogP contribution in [0, 0.1) is 0 Å². The van der Waals surface area contributed by atoms with Crippen molar-refractivity contribution in [2.75, 3.05) is 26.1 Å². The molecule has 1 heterocycles. The van der Waals surface area contributed by atoms with E-state index in [0.29, 0.717) is 12.4 Å². The molecule has 1 aromatic rings. The molecular formula is C11H17N3O3. The molecule has 0 saturated heterocycles. The van der Waals surface area contributed by atoms with E-state index >= 15 is 0 Å². The van der Waals surface area contributed by atoms with Crippen molar-refractivity contribution in [3.8, 4) is 0 Å². The van der Waals surface area contributed by atoms with Crippen LogP contribution in [0.4, 0.5) is 5.82 Å². The number of carbonyl (C=O) groups excluding carboxylic acids is 1. The van der Waals surface area contributed by atoms with Crippen LogP contribution in [0.3, 0.4) is 0 Å². The van der Waals surface area contributed by atoms with Crippen molar-refractivity contribution in [2.24, 2.45) is 0 Å². The number of nitrogens with one attached hydrogen (secondary N) is 1. The molecule has 94 valence electrons. The highest BCUT2D eigenvalue weighted by molar-refractivity contribution is 5.86. The fourth-order valence-electron chi connectivity index (χ4n) is 1.36. The zero-order valence-electron chi connectivity index (χ0n) is 10.5. The molecule has 1 N–H and O–H groups in total.